The second-order valence-corrected chi connectivity index (χ2v) is 4.07. The van der Waals surface area contributed by atoms with Crippen LogP contribution in [0.25, 0.3) is 0 Å². The fourth-order valence-corrected chi connectivity index (χ4v) is 1.55. The molecule has 0 unspecified atom stereocenters. The number of hydrogen-bond acceptors (Lipinski definition) is 5. The molecule has 0 aliphatic heterocycles. The van der Waals surface area contributed by atoms with Crippen molar-refractivity contribution in [2.45, 2.75) is 13.5 Å². The van der Waals surface area contributed by atoms with Crippen LogP contribution in [0.4, 0.5) is 5.82 Å². The van der Waals surface area contributed by atoms with Gasteiger partial charge in [0, 0.05) is 30.6 Å². The van der Waals surface area contributed by atoms with Gasteiger partial charge < -0.3 is 10.1 Å². The van der Waals surface area contributed by atoms with Gasteiger partial charge in [-0.3, -0.25) is 0 Å². The highest BCUT2D eigenvalue weighted by Crippen LogP contribution is 2.14. The number of methoxy groups -OCH3 is 1. The van der Waals surface area contributed by atoms with Crippen molar-refractivity contribution in [3.8, 4) is 5.88 Å². The molecular formula is C12H13ClN4O. The number of nitrogens with zero attached hydrogens (tertiary/aromatic N) is 3. The summed E-state index contributed by atoms with van der Waals surface area (Å²) in [6, 6.07) is 3.76. The molecule has 0 saturated heterocycles. The van der Waals surface area contributed by atoms with Gasteiger partial charge in [-0.15, -0.1) is 0 Å². The molecule has 5 nitrogen and oxygen atoms in total. The fraction of sp³-hybridized carbons (Fsp3) is 0.250. The van der Waals surface area contributed by atoms with E-state index < -0.39 is 0 Å². The first-order valence-electron chi connectivity index (χ1n) is 5.41. The zero-order chi connectivity index (χ0) is 13.0. The average Bonchev–Trinajstić information content (AvgIpc) is 2.40. The Morgan fingerprint density at radius 2 is 2.11 bits per heavy atom. The Morgan fingerprint density at radius 3 is 2.78 bits per heavy atom. The van der Waals surface area contributed by atoms with E-state index in [0.717, 1.165) is 16.9 Å². The summed E-state index contributed by atoms with van der Waals surface area (Å²) in [7, 11) is 1.59. The van der Waals surface area contributed by atoms with E-state index >= 15 is 0 Å². The number of rotatable bonds is 4. The van der Waals surface area contributed by atoms with Crippen molar-refractivity contribution in [2.24, 2.45) is 0 Å². The summed E-state index contributed by atoms with van der Waals surface area (Å²) in [5, 5.41) is 3.42. The molecule has 2 aromatic heterocycles. The molecule has 2 heterocycles. The normalized spacial score (nSPS) is 10.2. The molecule has 0 aliphatic carbocycles. The van der Waals surface area contributed by atoms with Gasteiger partial charge in [0.25, 0.3) is 0 Å². The molecule has 0 aliphatic rings. The second kappa shape index (κ2) is 5.64. The lowest BCUT2D eigenvalue weighted by Gasteiger charge is -2.08. The second-order valence-electron chi connectivity index (χ2n) is 3.73. The van der Waals surface area contributed by atoms with E-state index in [1.807, 2.05) is 19.1 Å². The lowest BCUT2D eigenvalue weighted by Crippen LogP contribution is -2.04. The maximum absolute atomic E-state index is 5.75. The van der Waals surface area contributed by atoms with Crippen molar-refractivity contribution in [2.75, 3.05) is 12.4 Å². The Labute approximate surface area is 110 Å². The zero-order valence-electron chi connectivity index (χ0n) is 10.1. The highest BCUT2D eigenvalue weighted by molar-refractivity contribution is 6.28. The molecule has 2 aromatic rings. The van der Waals surface area contributed by atoms with Crippen LogP contribution in [0.3, 0.4) is 0 Å². The van der Waals surface area contributed by atoms with Crippen LogP contribution in [-0.4, -0.2) is 22.1 Å². The van der Waals surface area contributed by atoms with Gasteiger partial charge in [-0.25, -0.2) is 15.0 Å². The van der Waals surface area contributed by atoms with Gasteiger partial charge in [-0.2, -0.15) is 0 Å². The van der Waals surface area contributed by atoms with Crippen LogP contribution < -0.4 is 10.1 Å². The Bertz CT molecular complexity index is 530. The predicted octanol–water partition coefficient (Wildman–Crippen LogP) is 2.45. The van der Waals surface area contributed by atoms with E-state index in [1.54, 1.807) is 19.5 Å². The summed E-state index contributed by atoms with van der Waals surface area (Å²) in [5.41, 5.74) is 1.98. The quantitative estimate of drug-likeness (QED) is 0.860. The topological polar surface area (TPSA) is 59.9 Å². The minimum atomic E-state index is 0.232. The molecule has 0 atom stereocenters. The predicted molar refractivity (Wildman–Crippen MR) is 69.9 cm³/mol. The molecule has 6 heteroatoms. The maximum Gasteiger partial charge on any atom is 0.224 e. The first-order chi connectivity index (χ1) is 8.69. The van der Waals surface area contributed by atoms with Gasteiger partial charge in [-0.05, 0) is 24.1 Å². The molecule has 94 valence electrons. The monoisotopic (exact) mass is 264 g/mol. The minimum absolute atomic E-state index is 0.232. The summed E-state index contributed by atoms with van der Waals surface area (Å²) < 4.78 is 5.00. The number of halogens is 1. The number of hydrogen-bond donors (Lipinski definition) is 1. The van der Waals surface area contributed by atoms with Crippen molar-refractivity contribution < 1.29 is 4.74 Å². The fourth-order valence-electron chi connectivity index (χ4n) is 1.42. The first-order valence-corrected chi connectivity index (χ1v) is 5.79. The highest BCUT2D eigenvalue weighted by atomic mass is 35.5. The molecule has 0 bridgehead atoms. The van der Waals surface area contributed by atoms with Crippen LogP contribution in [0.1, 0.15) is 11.1 Å². The molecule has 2 rings (SSSR count). The number of anilines is 1. The van der Waals surface area contributed by atoms with Crippen molar-refractivity contribution in [3.63, 3.8) is 0 Å². The largest absolute Gasteiger partial charge is 0.481 e. The molecule has 0 aromatic carbocycles. The van der Waals surface area contributed by atoms with Gasteiger partial charge in [0.2, 0.25) is 11.2 Å². The summed E-state index contributed by atoms with van der Waals surface area (Å²) in [6.45, 7) is 2.54. The first kappa shape index (κ1) is 12.6. The molecular weight excluding hydrogens is 252 g/mol. The molecule has 0 amide bonds. The summed E-state index contributed by atoms with van der Waals surface area (Å²) in [4.78, 5) is 12.2. The van der Waals surface area contributed by atoms with Gasteiger partial charge in [0.1, 0.15) is 5.82 Å². The molecule has 0 radical (unpaired) electrons. The standard InChI is InChI=1S/C12H13ClN4O/c1-8-5-16-12(13)17-11(8)15-7-9-3-4-10(18-2)14-6-9/h3-6H,7H2,1-2H3,(H,15,16,17). The van der Waals surface area contributed by atoms with Crippen LogP contribution in [0.2, 0.25) is 5.28 Å². The number of pyridine rings is 1. The van der Waals surface area contributed by atoms with Gasteiger partial charge in [-0.1, -0.05) is 6.07 Å². The van der Waals surface area contributed by atoms with E-state index in [1.165, 1.54) is 0 Å². The average molecular weight is 265 g/mol. The smallest absolute Gasteiger partial charge is 0.224 e. The molecule has 1 N–H and O–H groups in total. The van der Waals surface area contributed by atoms with Crippen molar-refractivity contribution >= 4 is 17.4 Å². The van der Waals surface area contributed by atoms with E-state index in [-0.39, 0.29) is 5.28 Å². The lowest BCUT2D eigenvalue weighted by atomic mass is 10.2. The van der Waals surface area contributed by atoms with E-state index in [4.69, 9.17) is 16.3 Å². The summed E-state index contributed by atoms with van der Waals surface area (Å²) in [6.07, 6.45) is 3.44. The van der Waals surface area contributed by atoms with Crippen LogP contribution in [0.5, 0.6) is 5.88 Å². The van der Waals surface area contributed by atoms with Crippen LogP contribution in [0, 0.1) is 6.92 Å². The number of aromatic nitrogens is 3. The lowest BCUT2D eigenvalue weighted by molar-refractivity contribution is 0.397. The van der Waals surface area contributed by atoms with Crippen LogP contribution >= 0.6 is 11.6 Å². The Kier molecular flexibility index (Phi) is 3.94. The number of nitrogens with one attached hydrogen (secondary N) is 1. The third-order valence-corrected chi connectivity index (χ3v) is 2.59. The maximum atomic E-state index is 5.75. The van der Waals surface area contributed by atoms with Gasteiger partial charge in [0.05, 0.1) is 7.11 Å². The molecule has 0 fully saturated rings. The van der Waals surface area contributed by atoms with E-state index in [9.17, 15) is 0 Å². The van der Waals surface area contributed by atoms with Gasteiger partial charge >= 0.3 is 0 Å². The zero-order valence-corrected chi connectivity index (χ0v) is 10.9. The van der Waals surface area contributed by atoms with Crippen LogP contribution in [0.15, 0.2) is 24.5 Å². The minimum Gasteiger partial charge on any atom is -0.481 e. The Balaban J connectivity index is 2.04. The Morgan fingerprint density at radius 1 is 1.28 bits per heavy atom. The number of aryl methyl sites for hydroxylation is 1. The van der Waals surface area contributed by atoms with Gasteiger partial charge in [0.15, 0.2) is 0 Å². The van der Waals surface area contributed by atoms with Crippen LogP contribution in [-0.2, 0) is 6.54 Å². The third kappa shape index (κ3) is 3.07. The number of ether oxygens (including phenoxy) is 1. The highest BCUT2D eigenvalue weighted by Gasteiger charge is 2.02. The third-order valence-electron chi connectivity index (χ3n) is 2.41. The van der Waals surface area contributed by atoms with Crippen molar-refractivity contribution in [1.82, 2.24) is 15.0 Å². The van der Waals surface area contributed by atoms with Crippen molar-refractivity contribution in [1.29, 1.82) is 0 Å². The van der Waals surface area contributed by atoms with E-state index in [0.29, 0.717) is 12.4 Å². The summed E-state index contributed by atoms with van der Waals surface area (Å²) in [5.74, 6) is 1.32. The Hall–Kier alpha value is -1.88. The molecule has 0 spiro atoms. The van der Waals surface area contributed by atoms with E-state index in [2.05, 4.69) is 20.3 Å². The molecule has 18 heavy (non-hydrogen) atoms. The SMILES string of the molecule is COc1ccc(CNc2nc(Cl)ncc2C)cn1. The van der Waals surface area contributed by atoms with Crippen molar-refractivity contribution in [3.05, 3.63) is 40.9 Å². The molecule has 0 saturated carbocycles. The summed E-state index contributed by atoms with van der Waals surface area (Å²) >= 11 is 5.75.